The lowest BCUT2D eigenvalue weighted by Gasteiger charge is -2.21. The van der Waals surface area contributed by atoms with E-state index in [0.717, 1.165) is 18.2 Å². The summed E-state index contributed by atoms with van der Waals surface area (Å²) in [6, 6.07) is 6.34. The SMILES string of the molecule is CCn1cc(C2CCCCC2)c2cc(N)ccc21. The van der Waals surface area contributed by atoms with Crippen LogP contribution in [0.2, 0.25) is 0 Å². The van der Waals surface area contributed by atoms with Gasteiger partial charge in [-0.05, 0) is 49.4 Å². The molecule has 1 heterocycles. The molecule has 2 nitrogen and oxygen atoms in total. The highest BCUT2D eigenvalue weighted by Gasteiger charge is 2.20. The highest BCUT2D eigenvalue weighted by atomic mass is 14.9. The highest BCUT2D eigenvalue weighted by molar-refractivity contribution is 5.87. The second-order valence-electron chi connectivity index (χ2n) is 5.48. The minimum absolute atomic E-state index is 0.746. The number of nitrogens with zero attached hydrogens (tertiary/aromatic N) is 1. The van der Waals surface area contributed by atoms with E-state index in [1.807, 2.05) is 6.07 Å². The van der Waals surface area contributed by atoms with Crippen LogP contribution in [0.5, 0.6) is 0 Å². The first-order chi connectivity index (χ1) is 8.79. The Kier molecular flexibility index (Phi) is 3.02. The minimum Gasteiger partial charge on any atom is -0.399 e. The Labute approximate surface area is 109 Å². The van der Waals surface area contributed by atoms with Crippen molar-refractivity contribution in [2.45, 2.75) is 51.5 Å². The number of aryl methyl sites for hydroxylation is 1. The van der Waals surface area contributed by atoms with Crippen LogP contribution in [-0.2, 0) is 6.54 Å². The highest BCUT2D eigenvalue weighted by Crippen LogP contribution is 2.37. The fourth-order valence-electron chi connectivity index (χ4n) is 3.34. The largest absolute Gasteiger partial charge is 0.399 e. The molecule has 0 amide bonds. The van der Waals surface area contributed by atoms with E-state index >= 15 is 0 Å². The van der Waals surface area contributed by atoms with Gasteiger partial charge in [-0.15, -0.1) is 0 Å². The molecule has 1 fully saturated rings. The van der Waals surface area contributed by atoms with Crippen LogP contribution < -0.4 is 5.73 Å². The van der Waals surface area contributed by atoms with Gasteiger partial charge in [0.05, 0.1) is 0 Å². The average molecular weight is 242 g/mol. The normalized spacial score (nSPS) is 17.4. The summed E-state index contributed by atoms with van der Waals surface area (Å²) in [5, 5.41) is 1.38. The molecule has 0 aliphatic heterocycles. The van der Waals surface area contributed by atoms with Gasteiger partial charge in [0.2, 0.25) is 0 Å². The number of aromatic nitrogens is 1. The second kappa shape index (κ2) is 4.68. The summed E-state index contributed by atoms with van der Waals surface area (Å²) < 4.78 is 2.36. The van der Waals surface area contributed by atoms with Crippen molar-refractivity contribution in [3.8, 4) is 0 Å². The molecule has 2 aromatic rings. The van der Waals surface area contributed by atoms with Crippen LogP contribution in [0.4, 0.5) is 5.69 Å². The fraction of sp³-hybridized carbons (Fsp3) is 0.500. The van der Waals surface area contributed by atoms with E-state index < -0.39 is 0 Å². The molecule has 1 saturated carbocycles. The Bertz CT molecular complexity index is 547. The van der Waals surface area contributed by atoms with E-state index in [4.69, 9.17) is 5.73 Å². The Hall–Kier alpha value is -1.44. The molecule has 2 N–H and O–H groups in total. The summed E-state index contributed by atoms with van der Waals surface area (Å²) in [6.45, 7) is 3.24. The van der Waals surface area contributed by atoms with Gasteiger partial charge >= 0.3 is 0 Å². The van der Waals surface area contributed by atoms with Gasteiger partial charge in [-0.25, -0.2) is 0 Å². The zero-order valence-electron chi connectivity index (χ0n) is 11.2. The molecule has 1 aromatic heterocycles. The molecule has 2 heteroatoms. The molecule has 1 aliphatic rings. The number of benzene rings is 1. The Morgan fingerprint density at radius 3 is 2.72 bits per heavy atom. The van der Waals surface area contributed by atoms with Crippen LogP contribution >= 0.6 is 0 Å². The van der Waals surface area contributed by atoms with Crippen molar-refractivity contribution in [1.29, 1.82) is 0 Å². The van der Waals surface area contributed by atoms with E-state index in [1.165, 1.54) is 48.6 Å². The van der Waals surface area contributed by atoms with Crippen LogP contribution in [-0.4, -0.2) is 4.57 Å². The number of nitrogen functional groups attached to an aromatic ring is 1. The van der Waals surface area contributed by atoms with E-state index in [1.54, 1.807) is 0 Å². The van der Waals surface area contributed by atoms with Crippen LogP contribution in [0.1, 0.15) is 50.5 Å². The molecule has 3 rings (SSSR count). The molecular weight excluding hydrogens is 220 g/mol. The molecule has 96 valence electrons. The lowest BCUT2D eigenvalue weighted by Crippen LogP contribution is -2.04. The zero-order chi connectivity index (χ0) is 12.5. The smallest absolute Gasteiger partial charge is 0.0484 e. The van der Waals surface area contributed by atoms with Crippen molar-refractivity contribution in [1.82, 2.24) is 4.57 Å². The van der Waals surface area contributed by atoms with Gasteiger partial charge in [0.25, 0.3) is 0 Å². The predicted octanol–water partition coefficient (Wildman–Crippen LogP) is 4.29. The van der Waals surface area contributed by atoms with Gasteiger partial charge in [-0.3, -0.25) is 0 Å². The monoisotopic (exact) mass is 242 g/mol. The lowest BCUT2D eigenvalue weighted by molar-refractivity contribution is 0.445. The molecule has 0 saturated heterocycles. The van der Waals surface area contributed by atoms with Gasteiger partial charge in [-0.2, -0.15) is 0 Å². The van der Waals surface area contributed by atoms with Crippen LogP contribution in [0.25, 0.3) is 10.9 Å². The number of hydrogen-bond acceptors (Lipinski definition) is 1. The Morgan fingerprint density at radius 1 is 1.22 bits per heavy atom. The van der Waals surface area contributed by atoms with E-state index in [-0.39, 0.29) is 0 Å². The number of nitrogens with two attached hydrogens (primary N) is 1. The second-order valence-corrected chi connectivity index (χ2v) is 5.48. The standard InChI is InChI=1S/C16H22N2/c1-2-18-11-15(12-6-4-3-5-7-12)14-10-13(17)8-9-16(14)18/h8-12H,2-7,17H2,1H3. The number of rotatable bonds is 2. The first-order valence-electron chi connectivity index (χ1n) is 7.18. The van der Waals surface area contributed by atoms with E-state index in [2.05, 4.69) is 29.8 Å². The number of anilines is 1. The van der Waals surface area contributed by atoms with Crippen LogP contribution in [0, 0.1) is 0 Å². The molecule has 0 radical (unpaired) electrons. The molecule has 1 aromatic carbocycles. The molecule has 1 aliphatic carbocycles. The summed E-state index contributed by atoms with van der Waals surface area (Å²) in [7, 11) is 0. The van der Waals surface area contributed by atoms with Crippen LogP contribution in [0.3, 0.4) is 0 Å². The summed E-state index contributed by atoms with van der Waals surface area (Å²) in [5.74, 6) is 0.746. The lowest BCUT2D eigenvalue weighted by atomic mass is 9.84. The van der Waals surface area contributed by atoms with E-state index in [9.17, 15) is 0 Å². The Balaban J connectivity index is 2.12. The summed E-state index contributed by atoms with van der Waals surface area (Å²) in [6.07, 6.45) is 9.22. The van der Waals surface area contributed by atoms with E-state index in [0.29, 0.717) is 0 Å². The van der Waals surface area contributed by atoms with Gasteiger partial charge in [0.1, 0.15) is 0 Å². The van der Waals surface area contributed by atoms with Crippen LogP contribution in [0.15, 0.2) is 24.4 Å². The number of hydrogen-bond donors (Lipinski definition) is 1. The van der Waals surface area contributed by atoms with Crippen molar-refractivity contribution < 1.29 is 0 Å². The predicted molar refractivity (Wildman–Crippen MR) is 77.9 cm³/mol. The molecule has 0 atom stereocenters. The maximum Gasteiger partial charge on any atom is 0.0484 e. The fourth-order valence-corrected chi connectivity index (χ4v) is 3.34. The number of fused-ring (bicyclic) bond motifs is 1. The molecular formula is C16H22N2. The maximum atomic E-state index is 5.96. The van der Waals surface area contributed by atoms with Gasteiger partial charge in [0, 0.05) is 29.3 Å². The van der Waals surface area contributed by atoms with Crippen molar-refractivity contribution in [3.63, 3.8) is 0 Å². The molecule has 18 heavy (non-hydrogen) atoms. The third-order valence-corrected chi connectivity index (χ3v) is 4.32. The first kappa shape index (κ1) is 11.6. The van der Waals surface area contributed by atoms with Crippen molar-refractivity contribution in [3.05, 3.63) is 30.0 Å². The van der Waals surface area contributed by atoms with Crippen molar-refractivity contribution in [2.24, 2.45) is 0 Å². The third-order valence-electron chi connectivity index (χ3n) is 4.32. The van der Waals surface area contributed by atoms with Crippen molar-refractivity contribution in [2.75, 3.05) is 5.73 Å². The third kappa shape index (κ3) is 1.90. The molecule has 0 bridgehead atoms. The topological polar surface area (TPSA) is 30.9 Å². The summed E-state index contributed by atoms with van der Waals surface area (Å²) in [4.78, 5) is 0. The van der Waals surface area contributed by atoms with Crippen molar-refractivity contribution >= 4 is 16.6 Å². The molecule has 0 unspecified atom stereocenters. The molecule has 0 spiro atoms. The average Bonchev–Trinajstić information content (AvgIpc) is 2.77. The summed E-state index contributed by atoms with van der Waals surface area (Å²) in [5.41, 5.74) is 9.71. The zero-order valence-corrected chi connectivity index (χ0v) is 11.2. The first-order valence-corrected chi connectivity index (χ1v) is 7.18. The van der Waals surface area contributed by atoms with Gasteiger partial charge in [0.15, 0.2) is 0 Å². The minimum atomic E-state index is 0.746. The Morgan fingerprint density at radius 2 is 2.00 bits per heavy atom. The maximum absolute atomic E-state index is 5.96. The van der Waals surface area contributed by atoms with Gasteiger partial charge < -0.3 is 10.3 Å². The quantitative estimate of drug-likeness (QED) is 0.782. The van der Waals surface area contributed by atoms with Gasteiger partial charge in [-0.1, -0.05) is 19.3 Å². The summed E-state index contributed by atoms with van der Waals surface area (Å²) >= 11 is 0.